The Balaban J connectivity index is 1.99. The maximum Gasteiger partial charge on any atom is 0.196 e. The molecule has 1 unspecified atom stereocenters. The van der Waals surface area contributed by atoms with E-state index in [2.05, 4.69) is 55.5 Å². The van der Waals surface area contributed by atoms with Crippen LogP contribution >= 0.6 is 27.3 Å². The van der Waals surface area contributed by atoms with Crippen LogP contribution in [0.5, 0.6) is 0 Å². The summed E-state index contributed by atoms with van der Waals surface area (Å²) < 4.78 is 1.05. The number of halogens is 1. The first-order valence-corrected chi connectivity index (χ1v) is 7.31. The fraction of sp³-hybridized carbons (Fsp3) is 0.154. The summed E-state index contributed by atoms with van der Waals surface area (Å²) in [4.78, 5) is 7.76. The van der Waals surface area contributed by atoms with Crippen molar-refractivity contribution < 1.29 is 0 Å². The molecule has 1 aromatic carbocycles. The lowest BCUT2D eigenvalue weighted by molar-refractivity contribution is 0.784. The van der Waals surface area contributed by atoms with Gasteiger partial charge in [-0.1, -0.05) is 28.1 Å². The average Bonchev–Trinajstić information content (AvgIpc) is 2.97. The number of thiophene rings is 1. The predicted molar refractivity (Wildman–Crippen MR) is 80.2 cm³/mol. The van der Waals surface area contributed by atoms with Crippen LogP contribution in [-0.2, 0) is 0 Å². The van der Waals surface area contributed by atoms with Gasteiger partial charge in [0.15, 0.2) is 5.96 Å². The first-order chi connectivity index (χ1) is 8.75. The van der Waals surface area contributed by atoms with Crippen LogP contribution in [0.25, 0.3) is 0 Å². The number of guanidine groups is 1. The summed E-state index contributed by atoms with van der Waals surface area (Å²) in [6.45, 7) is 0.721. The maximum absolute atomic E-state index is 6.02. The summed E-state index contributed by atoms with van der Waals surface area (Å²) in [5.74, 6) is 0.589. The molecule has 1 atom stereocenters. The number of nitrogens with zero attached hydrogens (tertiary/aromatic N) is 2. The summed E-state index contributed by atoms with van der Waals surface area (Å²) >= 11 is 5.24. The Kier molecular flexibility index (Phi) is 3.09. The highest BCUT2D eigenvalue weighted by atomic mass is 79.9. The number of hydrogen-bond donors (Lipinski definition) is 1. The molecule has 2 aromatic rings. The molecular formula is C13H12BrN3S. The number of hydrogen-bond acceptors (Lipinski definition) is 4. The number of benzene rings is 1. The van der Waals surface area contributed by atoms with E-state index in [1.54, 1.807) is 11.3 Å². The van der Waals surface area contributed by atoms with Gasteiger partial charge >= 0.3 is 0 Å². The van der Waals surface area contributed by atoms with Gasteiger partial charge in [-0.25, -0.2) is 0 Å². The first kappa shape index (κ1) is 11.7. The van der Waals surface area contributed by atoms with Crippen LogP contribution in [0, 0.1) is 0 Å². The Bertz CT molecular complexity index is 580. The summed E-state index contributed by atoms with van der Waals surface area (Å²) in [5.41, 5.74) is 7.09. The summed E-state index contributed by atoms with van der Waals surface area (Å²) in [6, 6.07) is 12.6. The Morgan fingerprint density at radius 3 is 2.94 bits per heavy atom. The third-order valence-electron chi connectivity index (χ3n) is 2.94. The molecule has 5 heteroatoms. The fourth-order valence-corrected chi connectivity index (χ4v) is 3.33. The van der Waals surface area contributed by atoms with Gasteiger partial charge in [0.1, 0.15) is 0 Å². The zero-order valence-electron chi connectivity index (χ0n) is 9.58. The number of aliphatic imine (C=N–C) groups is 1. The van der Waals surface area contributed by atoms with E-state index in [-0.39, 0.29) is 6.04 Å². The van der Waals surface area contributed by atoms with E-state index in [4.69, 9.17) is 5.73 Å². The third-order valence-corrected chi connectivity index (χ3v) is 4.41. The molecule has 92 valence electrons. The summed E-state index contributed by atoms with van der Waals surface area (Å²) in [5, 5.41) is 2.09. The quantitative estimate of drug-likeness (QED) is 0.921. The van der Waals surface area contributed by atoms with Gasteiger partial charge in [0, 0.05) is 15.0 Å². The molecule has 1 aromatic heterocycles. The van der Waals surface area contributed by atoms with E-state index < -0.39 is 0 Å². The second-order valence-corrected chi connectivity index (χ2v) is 5.97. The topological polar surface area (TPSA) is 41.6 Å². The van der Waals surface area contributed by atoms with Crippen LogP contribution in [0.1, 0.15) is 10.9 Å². The third kappa shape index (κ3) is 2.04. The molecule has 3 nitrogen and oxygen atoms in total. The van der Waals surface area contributed by atoms with Crippen LogP contribution in [0.4, 0.5) is 5.69 Å². The smallest absolute Gasteiger partial charge is 0.196 e. The Morgan fingerprint density at radius 2 is 2.22 bits per heavy atom. The van der Waals surface area contributed by atoms with Gasteiger partial charge in [-0.2, -0.15) is 0 Å². The predicted octanol–water partition coefficient (Wildman–Crippen LogP) is 3.39. The molecule has 1 aliphatic heterocycles. The van der Waals surface area contributed by atoms with Gasteiger partial charge in [-0.15, -0.1) is 11.3 Å². The molecule has 0 amide bonds. The lowest BCUT2D eigenvalue weighted by Gasteiger charge is -2.25. The minimum absolute atomic E-state index is 0.222. The molecule has 0 saturated carbocycles. The van der Waals surface area contributed by atoms with Crippen molar-refractivity contribution in [2.24, 2.45) is 10.7 Å². The van der Waals surface area contributed by atoms with Crippen molar-refractivity contribution in [3.63, 3.8) is 0 Å². The molecule has 0 radical (unpaired) electrons. The van der Waals surface area contributed by atoms with Gasteiger partial charge in [0.05, 0.1) is 12.6 Å². The number of anilines is 1. The van der Waals surface area contributed by atoms with Crippen molar-refractivity contribution in [1.29, 1.82) is 0 Å². The monoisotopic (exact) mass is 321 g/mol. The van der Waals surface area contributed by atoms with Crippen LogP contribution in [0.15, 0.2) is 51.2 Å². The van der Waals surface area contributed by atoms with E-state index in [9.17, 15) is 0 Å². The SMILES string of the molecule is NC1=NCC(c2cccs2)N1c1cccc(Br)c1. The van der Waals surface area contributed by atoms with Gasteiger partial charge in [0.25, 0.3) is 0 Å². The zero-order chi connectivity index (χ0) is 12.5. The molecule has 0 bridgehead atoms. The molecule has 18 heavy (non-hydrogen) atoms. The van der Waals surface area contributed by atoms with Crippen molar-refractivity contribution >= 4 is 38.9 Å². The van der Waals surface area contributed by atoms with E-state index in [1.165, 1.54) is 4.88 Å². The van der Waals surface area contributed by atoms with Gasteiger partial charge < -0.3 is 10.6 Å². The van der Waals surface area contributed by atoms with Gasteiger partial charge in [-0.3, -0.25) is 4.99 Å². The largest absolute Gasteiger partial charge is 0.369 e. The van der Waals surface area contributed by atoms with Crippen LogP contribution in [0.2, 0.25) is 0 Å². The Hall–Kier alpha value is -1.33. The van der Waals surface area contributed by atoms with Crippen molar-refractivity contribution in [3.8, 4) is 0 Å². The second-order valence-electron chi connectivity index (χ2n) is 4.08. The zero-order valence-corrected chi connectivity index (χ0v) is 12.0. The molecule has 0 spiro atoms. The van der Waals surface area contributed by atoms with Crippen molar-refractivity contribution in [2.45, 2.75) is 6.04 Å². The lowest BCUT2D eigenvalue weighted by Crippen LogP contribution is -2.35. The van der Waals surface area contributed by atoms with Crippen LogP contribution in [-0.4, -0.2) is 12.5 Å². The van der Waals surface area contributed by atoms with E-state index in [1.807, 2.05) is 12.1 Å². The fourth-order valence-electron chi connectivity index (χ4n) is 2.13. The summed E-state index contributed by atoms with van der Waals surface area (Å²) in [7, 11) is 0. The molecule has 2 heterocycles. The van der Waals surface area contributed by atoms with Crippen molar-refractivity contribution in [1.82, 2.24) is 0 Å². The first-order valence-electron chi connectivity index (χ1n) is 5.64. The minimum atomic E-state index is 0.222. The Morgan fingerprint density at radius 1 is 1.33 bits per heavy atom. The molecule has 3 rings (SSSR count). The maximum atomic E-state index is 6.02. The minimum Gasteiger partial charge on any atom is -0.369 e. The molecule has 0 fully saturated rings. The Labute approximate surface area is 118 Å². The molecule has 0 saturated heterocycles. The van der Waals surface area contributed by atoms with Gasteiger partial charge in [0.2, 0.25) is 0 Å². The molecular weight excluding hydrogens is 310 g/mol. The highest BCUT2D eigenvalue weighted by molar-refractivity contribution is 9.10. The highest BCUT2D eigenvalue weighted by Gasteiger charge is 2.29. The second kappa shape index (κ2) is 4.74. The summed E-state index contributed by atoms with van der Waals surface area (Å²) in [6.07, 6.45) is 0. The van der Waals surface area contributed by atoms with E-state index >= 15 is 0 Å². The molecule has 2 N–H and O–H groups in total. The van der Waals surface area contributed by atoms with Crippen molar-refractivity contribution in [3.05, 3.63) is 51.1 Å². The van der Waals surface area contributed by atoms with E-state index in [0.29, 0.717) is 5.96 Å². The molecule has 1 aliphatic rings. The average molecular weight is 322 g/mol. The molecule has 0 aliphatic carbocycles. The van der Waals surface area contributed by atoms with Gasteiger partial charge in [-0.05, 0) is 29.6 Å². The number of rotatable bonds is 2. The normalized spacial score (nSPS) is 19.1. The number of nitrogens with two attached hydrogens (primary N) is 1. The highest BCUT2D eigenvalue weighted by Crippen LogP contribution is 2.34. The lowest BCUT2D eigenvalue weighted by atomic mass is 10.2. The standard InChI is InChI=1S/C13H12BrN3S/c14-9-3-1-4-10(7-9)17-11(8-16-13(17)15)12-5-2-6-18-12/h1-7,11H,8H2,(H2,15,16). The van der Waals surface area contributed by atoms with Crippen LogP contribution < -0.4 is 10.6 Å². The van der Waals surface area contributed by atoms with Crippen molar-refractivity contribution in [2.75, 3.05) is 11.4 Å². The van der Waals surface area contributed by atoms with Crippen LogP contribution in [0.3, 0.4) is 0 Å². The van der Waals surface area contributed by atoms with E-state index in [0.717, 1.165) is 16.7 Å².